The average Bonchev–Trinajstić information content (AvgIpc) is 3.37. The molecule has 2 aromatic heterocycles. The zero-order chi connectivity index (χ0) is 21.6. The van der Waals surface area contributed by atoms with Crippen LogP contribution in [0.3, 0.4) is 0 Å². The van der Waals surface area contributed by atoms with Crippen molar-refractivity contribution in [2.75, 3.05) is 32.7 Å². The minimum absolute atomic E-state index is 0.0605. The summed E-state index contributed by atoms with van der Waals surface area (Å²) in [6, 6.07) is 11.0. The van der Waals surface area contributed by atoms with E-state index in [2.05, 4.69) is 20.5 Å². The van der Waals surface area contributed by atoms with Crippen LogP contribution in [0.1, 0.15) is 22.5 Å². The van der Waals surface area contributed by atoms with Crippen LogP contribution in [0.4, 0.5) is 0 Å². The van der Waals surface area contributed by atoms with E-state index in [1.165, 1.54) is 0 Å². The summed E-state index contributed by atoms with van der Waals surface area (Å²) in [6.45, 7) is 3.79. The number of carbonyl (C=O) groups excluding carboxylic acids is 2. The quantitative estimate of drug-likeness (QED) is 0.647. The lowest BCUT2D eigenvalue weighted by Crippen LogP contribution is -2.42. The van der Waals surface area contributed by atoms with E-state index < -0.39 is 5.91 Å². The van der Waals surface area contributed by atoms with Crippen molar-refractivity contribution < 1.29 is 14.1 Å². The Hall–Kier alpha value is -3.46. The van der Waals surface area contributed by atoms with E-state index in [0.29, 0.717) is 18.8 Å². The van der Waals surface area contributed by atoms with Crippen LogP contribution >= 0.6 is 0 Å². The van der Waals surface area contributed by atoms with Crippen LogP contribution in [0.5, 0.6) is 0 Å². The summed E-state index contributed by atoms with van der Waals surface area (Å²) in [5.74, 6) is -0.00559. The van der Waals surface area contributed by atoms with Crippen LogP contribution in [-0.4, -0.2) is 69.3 Å². The molecule has 0 spiro atoms. The van der Waals surface area contributed by atoms with Crippen molar-refractivity contribution in [3.63, 3.8) is 0 Å². The molecule has 31 heavy (non-hydrogen) atoms. The second-order valence-electron chi connectivity index (χ2n) is 7.66. The van der Waals surface area contributed by atoms with E-state index in [-0.39, 0.29) is 18.1 Å². The molecule has 1 aliphatic rings. The fourth-order valence-electron chi connectivity index (χ4n) is 3.67. The van der Waals surface area contributed by atoms with Crippen LogP contribution in [0.2, 0.25) is 0 Å². The lowest BCUT2D eigenvalue weighted by molar-refractivity contribution is -0.130. The molecule has 1 aliphatic heterocycles. The third-order valence-electron chi connectivity index (χ3n) is 5.31. The molecule has 0 unspecified atom stereocenters. The summed E-state index contributed by atoms with van der Waals surface area (Å²) in [7, 11) is 1.90. The molecule has 0 bridgehead atoms. The van der Waals surface area contributed by atoms with Crippen molar-refractivity contribution in [1.82, 2.24) is 30.1 Å². The maximum absolute atomic E-state index is 12.6. The Bertz CT molecular complexity index is 1030. The average molecular weight is 422 g/mol. The molecule has 1 aromatic carbocycles. The predicted octanol–water partition coefficient (Wildman–Crippen LogP) is 1.54. The van der Waals surface area contributed by atoms with Crippen LogP contribution in [0.25, 0.3) is 11.3 Å². The highest BCUT2D eigenvalue weighted by molar-refractivity contribution is 5.95. The molecule has 0 saturated carbocycles. The number of rotatable bonds is 6. The molecule has 9 nitrogen and oxygen atoms in total. The highest BCUT2D eigenvalue weighted by atomic mass is 16.5. The van der Waals surface area contributed by atoms with Gasteiger partial charge >= 0.3 is 0 Å². The van der Waals surface area contributed by atoms with Gasteiger partial charge in [0.2, 0.25) is 5.91 Å². The van der Waals surface area contributed by atoms with Crippen LogP contribution in [-0.2, 0) is 18.4 Å². The molecule has 0 atom stereocenters. The Balaban J connectivity index is 1.26. The fourth-order valence-corrected chi connectivity index (χ4v) is 3.67. The van der Waals surface area contributed by atoms with E-state index >= 15 is 0 Å². The number of hydrogen-bond acceptors (Lipinski definition) is 6. The fraction of sp³-hybridized carbons (Fsp3) is 0.364. The van der Waals surface area contributed by atoms with Gasteiger partial charge < -0.3 is 14.7 Å². The van der Waals surface area contributed by atoms with Crippen molar-refractivity contribution in [1.29, 1.82) is 0 Å². The number of aryl methyl sites for hydroxylation is 1. The number of benzene rings is 1. The topological polar surface area (TPSA) is 96.5 Å². The molecule has 4 rings (SSSR count). The molecule has 162 valence electrons. The van der Waals surface area contributed by atoms with Crippen LogP contribution in [0.15, 0.2) is 53.3 Å². The monoisotopic (exact) mass is 422 g/mol. The molecular formula is C22H26N6O3. The van der Waals surface area contributed by atoms with Gasteiger partial charge in [-0.05, 0) is 6.42 Å². The van der Waals surface area contributed by atoms with Crippen molar-refractivity contribution >= 4 is 11.8 Å². The van der Waals surface area contributed by atoms with E-state index in [9.17, 15) is 9.59 Å². The second-order valence-corrected chi connectivity index (χ2v) is 7.66. The van der Waals surface area contributed by atoms with Gasteiger partial charge in [-0.2, -0.15) is 5.10 Å². The normalized spacial score (nSPS) is 14.9. The van der Waals surface area contributed by atoms with Crippen LogP contribution in [0, 0.1) is 0 Å². The zero-order valence-electron chi connectivity index (χ0n) is 17.5. The second kappa shape index (κ2) is 9.57. The number of nitrogens with zero attached hydrogens (tertiary/aromatic N) is 5. The van der Waals surface area contributed by atoms with E-state index in [4.69, 9.17) is 4.52 Å². The first-order valence-electron chi connectivity index (χ1n) is 10.4. The summed E-state index contributed by atoms with van der Waals surface area (Å²) in [5, 5.41) is 10.7. The lowest BCUT2D eigenvalue weighted by atomic mass is 10.1. The van der Waals surface area contributed by atoms with Gasteiger partial charge in [-0.15, -0.1) is 0 Å². The maximum atomic E-state index is 12.6. The van der Waals surface area contributed by atoms with Gasteiger partial charge in [-0.1, -0.05) is 35.5 Å². The minimum atomic E-state index is -0.424. The number of amides is 2. The van der Waals surface area contributed by atoms with Gasteiger partial charge in [-0.3, -0.25) is 19.2 Å². The van der Waals surface area contributed by atoms with E-state index in [1.807, 2.05) is 54.7 Å². The van der Waals surface area contributed by atoms with Gasteiger partial charge in [0.15, 0.2) is 11.5 Å². The SMILES string of the molecule is Cn1cc(CN2CCCN(C(=O)CNC(=O)c3cc(-c4ccccc4)on3)CC2)cn1. The molecule has 3 heterocycles. The molecule has 0 radical (unpaired) electrons. The molecule has 1 saturated heterocycles. The first-order valence-corrected chi connectivity index (χ1v) is 10.4. The number of hydrogen-bond donors (Lipinski definition) is 1. The summed E-state index contributed by atoms with van der Waals surface area (Å²) in [5.41, 5.74) is 2.16. The van der Waals surface area contributed by atoms with Crippen molar-refractivity contribution in [3.05, 3.63) is 60.0 Å². The van der Waals surface area contributed by atoms with Crippen molar-refractivity contribution in [3.8, 4) is 11.3 Å². The molecule has 2 amide bonds. The minimum Gasteiger partial charge on any atom is -0.355 e. The smallest absolute Gasteiger partial charge is 0.273 e. The Morgan fingerprint density at radius 3 is 2.74 bits per heavy atom. The Labute approximate surface area is 180 Å². The lowest BCUT2D eigenvalue weighted by Gasteiger charge is -2.21. The number of carbonyl (C=O) groups is 2. The van der Waals surface area contributed by atoms with Gasteiger partial charge in [-0.25, -0.2) is 0 Å². The van der Waals surface area contributed by atoms with Gasteiger partial charge in [0.25, 0.3) is 5.91 Å². The Morgan fingerprint density at radius 2 is 1.97 bits per heavy atom. The third kappa shape index (κ3) is 5.37. The summed E-state index contributed by atoms with van der Waals surface area (Å²) < 4.78 is 7.05. The Kier molecular flexibility index (Phi) is 6.42. The molecule has 9 heteroatoms. The third-order valence-corrected chi connectivity index (χ3v) is 5.31. The molecule has 1 N–H and O–H groups in total. The molecule has 0 aliphatic carbocycles. The van der Waals surface area contributed by atoms with Gasteiger partial charge in [0.1, 0.15) is 0 Å². The first-order chi connectivity index (χ1) is 15.1. The molecule has 1 fully saturated rings. The highest BCUT2D eigenvalue weighted by Crippen LogP contribution is 2.19. The summed E-state index contributed by atoms with van der Waals surface area (Å²) in [6.07, 6.45) is 4.77. The van der Waals surface area contributed by atoms with Crippen LogP contribution < -0.4 is 5.32 Å². The van der Waals surface area contributed by atoms with E-state index in [1.54, 1.807) is 10.7 Å². The van der Waals surface area contributed by atoms with Crippen molar-refractivity contribution in [2.24, 2.45) is 7.05 Å². The first kappa shape index (κ1) is 20.8. The standard InChI is InChI=1S/C22H26N6O3/c1-26-15-17(13-24-26)16-27-8-5-9-28(11-10-27)21(29)14-23-22(30)19-12-20(31-25-19)18-6-3-2-4-7-18/h2-4,6-7,12-13,15H,5,8-11,14,16H2,1H3,(H,23,30). The Morgan fingerprint density at radius 1 is 1.13 bits per heavy atom. The van der Waals surface area contributed by atoms with Gasteiger partial charge in [0.05, 0.1) is 12.7 Å². The summed E-state index contributed by atoms with van der Waals surface area (Å²) in [4.78, 5) is 29.1. The number of nitrogens with one attached hydrogen (secondary N) is 1. The highest BCUT2D eigenvalue weighted by Gasteiger charge is 2.21. The summed E-state index contributed by atoms with van der Waals surface area (Å²) >= 11 is 0. The van der Waals surface area contributed by atoms with Crippen molar-refractivity contribution in [2.45, 2.75) is 13.0 Å². The number of aromatic nitrogens is 3. The largest absolute Gasteiger partial charge is 0.355 e. The molecule has 3 aromatic rings. The zero-order valence-corrected chi connectivity index (χ0v) is 17.5. The molecular weight excluding hydrogens is 396 g/mol. The van der Waals surface area contributed by atoms with Gasteiger partial charge in [0, 0.05) is 63.2 Å². The predicted molar refractivity (Wildman–Crippen MR) is 114 cm³/mol. The maximum Gasteiger partial charge on any atom is 0.273 e. The van der Waals surface area contributed by atoms with E-state index in [0.717, 1.165) is 37.2 Å².